The number of nitrogens with one attached hydrogen (secondary N) is 1. The number of hydrogen-bond donors (Lipinski definition) is 1. The molecule has 1 aliphatic heterocycles. The Hall–Kier alpha value is -2.97. The summed E-state index contributed by atoms with van der Waals surface area (Å²) in [4.78, 5) is 12.8. The van der Waals surface area contributed by atoms with E-state index in [-0.39, 0.29) is 11.8 Å². The summed E-state index contributed by atoms with van der Waals surface area (Å²) in [5.74, 6) is -0.208. The van der Waals surface area contributed by atoms with E-state index in [9.17, 15) is 13.2 Å². The van der Waals surface area contributed by atoms with Gasteiger partial charge >= 0.3 is 0 Å². The van der Waals surface area contributed by atoms with Crippen LogP contribution in [0.2, 0.25) is 0 Å². The van der Waals surface area contributed by atoms with Crippen molar-refractivity contribution in [1.29, 1.82) is 0 Å². The van der Waals surface area contributed by atoms with Gasteiger partial charge in [0.2, 0.25) is 15.9 Å². The fourth-order valence-electron chi connectivity index (χ4n) is 4.06. The Bertz CT molecular complexity index is 1150. The van der Waals surface area contributed by atoms with Crippen molar-refractivity contribution in [2.45, 2.75) is 25.9 Å². The van der Waals surface area contributed by atoms with Gasteiger partial charge in [0.1, 0.15) is 0 Å². The lowest BCUT2D eigenvalue weighted by atomic mass is 9.97. The summed E-state index contributed by atoms with van der Waals surface area (Å²) in [6.07, 6.45) is 4.28. The Balaban J connectivity index is 1.46. The normalized spacial score (nSPS) is 15.5. The molecule has 0 aliphatic carbocycles. The number of carbonyl (C=O) groups is 1. The highest BCUT2D eigenvalue weighted by molar-refractivity contribution is 7.88. The largest absolute Gasteiger partial charge is 0.352 e. The molecule has 1 amide bonds. The topological polar surface area (TPSA) is 84.3 Å². The van der Waals surface area contributed by atoms with E-state index in [4.69, 9.17) is 5.10 Å². The Morgan fingerprint density at radius 2 is 1.66 bits per heavy atom. The second kappa shape index (κ2) is 9.67. The van der Waals surface area contributed by atoms with E-state index in [2.05, 4.69) is 17.4 Å². The van der Waals surface area contributed by atoms with Crippen molar-refractivity contribution < 1.29 is 13.2 Å². The number of benzene rings is 2. The molecule has 1 N–H and O–H groups in total. The van der Waals surface area contributed by atoms with Crippen molar-refractivity contribution in [3.8, 4) is 11.3 Å². The quantitative estimate of drug-likeness (QED) is 0.597. The van der Waals surface area contributed by atoms with E-state index in [0.717, 1.165) is 22.4 Å². The first-order chi connectivity index (χ1) is 15.4. The van der Waals surface area contributed by atoms with Gasteiger partial charge in [0, 0.05) is 42.9 Å². The molecular formula is C24H28N4O3S. The Kier molecular flexibility index (Phi) is 6.72. The fraction of sp³-hybridized carbons (Fsp3) is 0.333. The molecule has 2 aromatic carbocycles. The van der Waals surface area contributed by atoms with Crippen LogP contribution in [-0.4, -0.2) is 47.8 Å². The molecule has 7 nitrogen and oxygen atoms in total. The third-order valence-electron chi connectivity index (χ3n) is 5.82. The highest BCUT2D eigenvalue weighted by Crippen LogP contribution is 2.23. The summed E-state index contributed by atoms with van der Waals surface area (Å²) in [6, 6.07) is 20.1. The number of sulfonamides is 1. The highest BCUT2D eigenvalue weighted by Gasteiger charge is 2.29. The first kappa shape index (κ1) is 22.2. The summed E-state index contributed by atoms with van der Waals surface area (Å²) < 4.78 is 26.7. The molecule has 2 heterocycles. The van der Waals surface area contributed by atoms with Crippen LogP contribution in [0.1, 0.15) is 24.0 Å². The summed E-state index contributed by atoms with van der Waals surface area (Å²) in [7, 11) is -3.20. The van der Waals surface area contributed by atoms with Gasteiger partial charge in [0.15, 0.2) is 0 Å². The number of amides is 1. The van der Waals surface area contributed by atoms with Gasteiger partial charge in [-0.15, -0.1) is 0 Å². The predicted octanol–water partition coefficient (Wildman–Crippen LogP) is 2.89. The van der Waals surface area contributed by atoms with Crippen LogP contribution in [0.4, 0.5) is 0 Å². The molecular weight excluding hydrogens is 424 g/mol. The maximum atomic E-state index is 12.8. The third kappa shape index (κ3) is 5.44. The fourth-order valence-corrected chi connectivity index (χ4v) is 4.93. The zero-order chi connectivity index (χ0) is 22.6. The van der Waals surface area contributed by atoms with Gasteiger partial charge in [-0.2, -0.15) is 5.10 Å². The molecule has 0 unspecified atom stereocenters. The molecule has 0 atom stereocenters. The Morgan fingerprint density at radius 1 is 1.03 bits per heavy atom. The van der Waals surface area contributed by atoms with Crippen LogP contribution >= 0.6 is 0 Å². The van der Waals surface area contributed by atoms with Gasteiger partial charge in [-0.1, -0.05) is 60.7 Å². The van der Waals surface area contributed by atoms with Gasteiger partial charge in [-0.3, -0.25) is 9.48 Å². The molecule has 1 saturated heterocycles. The minimum Gasteiger partial charge on any atom is -0.352 e. The first-order valence-corrected chi connectivity index (χ1v) is 12.6. The SMILES string of the molecule is CS(=O)(=O)N1CCC(C(=O)NCc2cn(Cc3ccccc3)nc2-c2ccccc2)CC1. The first-order valence-electron chi connectivity index (χ1n) is 10.8. The van der Waals surface area contributed by atoms with E-state index >= 15 is 0 Å². The monoisotopic (exact) mass is 452 g/mol. The van der Waals surface area contributed by atoms with Crippen molar-refractivity contribution in [3.05, 3.63) is 78.0 Å². The second-order valence-corrected chi connectivity index (χ2v) is 10.2. The van der Waals surface area contributed by atoms with Gasteiger partial charge < -0.3 is 5.32 Å². The summed E-state index contributed by atoms with van der Waals surface area (Å²) >= 11 is 0. The van der Waals surface area contributed by atoms with Gasteiger partial charge in [0.05, 0.1) is 18.5 Å². The zero-order valence-electron chi connectivity index (χ0n) is 18.1. The zero-order valence-corrected chi connectivity index (χ0v) is 19.0. The van der Waals surface area contributed by atoms with Crippen molar-refractivity contribution in [1.82, 2.24) is 19.4 Å². The molecule has 3 aromatic rings. The van der Waals surface area contributed by atoms with Crippen LogP contribution in [0.3, 0.4) is 0 Å². The summed E-state index contributed by atoms with van der Waals surface area (Å²) in [5.41, 5.74) is 3.97. The number of piperidine rings is 1. The molecule has 168 valence electrons. The Labute approximate surface area is 189 Å². The summed E-state index contributed by atoms with van der Waals surface area (Å²) in [6.45, 7) is 1.81. The number of rotatable bonds is 7. The van der Waals surface area contributed by atoms with Gasteiger partial charge in [-0.05, 0) is 18.4 Å². The molecule has 0 spiro atoms. The molecule has 1 aromatic heterocycles. The number of carbonyl (C=O) groups excluding carboxylic acids is 1. The maximum absolute atomic E-state index is 12.8. The number of hydrogen-bond acceptors (Lipinski definition) is 4. The summed E-state index contributed by atoms with van der Waals surface area (Å²) in [5, 5.41) is 7.84. The van der Waals surface area contributed by atoms with Crippen molar-refractivity contribution in [3.63, 3.8) is 0 Å². The molecule has 0 bridgehead atoms. The van der Waals surface area contributed by atoms with Crippen molar-refractivity contribution >= 4 is 15.9 Å². The van der Waals surface area contributed by atoms with Crippen molar-refractivity contribution in [2.24, 2.45) is 5.92 Å². The smallest absolute Gasteiger partial charge is 0.223 e. The molecule has 4 rings (SSSR count). The third-order valence-corrected chi connectivity index (χ3v) is 7.12. The standard InChI is InChI=1S/C24H28N4O3S/c1-32(30,31)28-14-12-21(13-15-28)24(29)25-16-22-18-27(17-19-8-4-2-5-9-19)26-23(22)20-10-6-3-7-11-20/h2-11,18,21H,12-17H2,1H3,(H,25,29). The van der Waals surface area contributed by atoms with Gasteiger partial charge in [0.25, 0.3) is 0 Å². The van der Waals surface area contributed by atoms with Crippen LogP contribution < -0.4 is 5.32 Å². The molecule has 1 aliphatic rings. The average Bonchev–Trinajstić information content (AvgIpc) is 3.21. The van der Waals surface area contributed by atoms with Crippen LogP contribution in [0, 0.1) is 5.92 Å². The average molecular weight is 453 g/mol. The maximum Gasteiger partial charge on any atom is 0.223 e. The lowest BCUT2D eigenvalue weighted by Crippen LogP contribution is -2.42. The lowest BCUT2D eigenvalue weighted by Gasteiger charge is -2.29. The second-order valence-electron chi connectivity index (χ2n) is 8.21. The van der Waals surface area contributed by atoms with E-state index in [1.54, 1.807) is 0 Å². The lowest BCUT2D eigenvalue weighted by molar-refractivity contribution is -0.126. The molecule has 0 radical (unpaired) electrons. The minimum atomic E-state index is -3.20. The van der Waals surface area contributed by atoms with Crippen LogP contribution in [0.5, 0.6) is 0 Å². The number of aromatic nitrogens is 2. The van der Waals surface area contributed by atoms with E-state index < -0.39 is 10.0 Å². The minimum absolute atomic E-state index is 0.0343. The van der Waals surface area contributed by atoms with E-state index in [0.29, 0.717) is 39.0 Å². The van der Waals surface area contributed by atoms with Crippen LogP contribution in [0.25, 0.3) is 11.3 Å². The van der Waals surface area contributed by atoms with E-state index in [1.165, 1.54) is 10.6 Å². The molecule has 0 saturated carbocycles. The van der Waals surface area contributed by atoms with Gasteiger partial charge in [-0.25, -0.2) is 12.7 Å². The predicted molar refractivity (Wildman–Crippen MR) is 124 cm³/mol. The molecule has 32 heavy (non-hydrogen) atoms. The Morgan fingerprint density at radius 3 is 2.28 bits per heavy atom. The molecule has 8 heteroatoms. The van der Waals surface area contributed by atoms with Crippen LogP contribution in [-0.2, 0) is 27.9 Å². The number of nitrogens with zero attached hydrogens (tertiary/aromatic N) is 3. The highest BCUT2D eigenvalue weighted by atomic mass is 32.2. The van der Waals surface area contributed by atoms with Crippen LogP contribution in [0.15, 0.2) is 66.9 Å². The van der Waals surface area contributed by atoms with E-state index in [1.807, 2.05) is 59.4 Å². The molecule has 1 fully saturated rings. The van der Waals surface area contributed by atoms with Crippen molar-refractivity contribution in [2.75, 3.05) is 19.3 Å².